The molecule has 1 saturated heterocycles. The average Bonchev–Trinajstić information content (AvgIpc) is 2.80. The molecule has 0 spiro atoms. The molecule has 1 aromatic carbocycles. The standard InChI is InChI=1S/C13H17N3O2/c1-2-9-3-5-11(6-4-9)16-8-10(7-12(16)17)13(14)15-18/h3-6,10,18H,2,7-8H2,1H3,(H2,14,15)/t10-/m0/s1. The summed E-state index contributed by atoms with van der Waals surface area (Å²) < 4.78 is 0. The molecule has 5 heteroatoms. The monoisotopic (exact) mass is 247 g/mol. The van der Waals surface area contributed by atoms with E-state index >= 15 is 0 Å². The van der Waals surface area contributed by atoms with Crippen LogP contribution in [0.5, 0.6) is 0 Å². The van der Waals surface area contributed by atoms with E-state index in [9.17, 15) is 4.79 Å². The van der Waals surface area contributed by atoms with E-state index in [-0.39, 0.29) is 17.7 Å². The van der Waals surface area contributed by atoms with Crippen LogP contribution in [0, 0.1) is 5.92 Å². The first kappa shape index (κ1) is 12.4. The Morgan fingerprint density at radius 1 is 1.50 bits per heavy atom. The number of amidine groups is 1. The third-order valence-electron chi connectivity index (χ3n) is 3.32. The van der Waals surface area contributed by atoms with Crippen LogP contribution in [-0.2, 0) is 11.2 Å². The molecule has 18 heavy (non-hydrogen) atoms. The summed E-state index contributed by atoms with van der Waals surface area (Å²) in [4.78, 5) is 13.6. The Hall–Kier alpha value is -2.04. The van der Waals surface area contributed by atoms with Gasteiger partial charge in [-0.2, -0.15) is 0 Å². The maximum atomic E-state index is 11.9. The van der Waals surface area contributed by atoms with Gasteiger partial charge in [0.05, 0.1) is 0 Å². The van der Waals surface area contributed by atoms with Crippen molar-refractivity contribution >= 4 is 17.4 Å². The fraction of sp³-hybridized carbons (Fsp3) is 0.385. The van der Waals surface area contributed by atoms with Gasteiger partial charge in [0.1, 0.15) is 5.84 Å². The van der Waals surface area contributed by atoms with Gasteiger partial charge in [-0.1, -0.05) is 24.2 Å². The van der Waals surface area contributed by atoms with E-state index in [1.165, 1.54) is 5.56 Å². The van der Waals surface area contributed by atoms with E-state index < -0.39 is 0 Å². The van der Waals surface area contributed by atoms with Crippen LogP contribution in [0.25, 0.3) is 0 Å². The summed E-state index contributed by atoms with van der Waals surface area (Å²) in [5.74, 6) is -0.0692. The summed E-state index contributed by atoms with van der Waals surface area (Å²) in [6, 6.07) is 7.90. The molecule has 2 rings (SSSR count). The number of carbonyl (C=O) groups is 1. The first-order valence-electron chi connectivity index (χ1n) is 6.02. The van der Waals surface area contributed by atoms with E-state index in [1.807, 2.05) is 24.3 Å². The number of anilines is 1. The number of hydrogen-bond acceptors (Lipinski definition) is 3. The Bertz CT molecular complexity index is 468. The molecule has 1 aromatic rings. The average molecular weight is 247 g/mol. The van der Waals surface area contributed by atoms with Gasteiger partial charge in [0.15, 0.2) is 0 Å². The molecule has 0 aromatic heterocycles. The van der Waals surface area contributed by atoms with E-state index in [4.69, 9.17) is 10.9 Å². The normalized spacial score (nSPS) is 20.5. The van der Waals surface area contributed by atoms with Crippen molar-refractivity contribution < 1.29 is 10.0 Å². The number of hydrogen-bond donors (Lipinski definition) is 2. The summed E-state index contributed by atoms with van der Waals surface area (Å²) >= 11 is 0. The lowest BCUT2D eigenvalue weighted by Gasteiger charge is -2.16. The number of oxime groups is 1. The Kier molecular flexibility index (Phi) is 3.50. The number of nitrogens with two attached hydrogens (primary N) is 1. The minimum Gasteiger partial charge on any atom is -0.409 e. The molecule has 0 bridgehead atoms. The van der Waals surface area contributed by atoms with Crippen molar-refractivity contribution in [2.24, 2.45) is 16.8 Å². The molecule has 0 unspecified atom stereocenters. The zero-order chi connectivity index (χ0) is 13.1. The van der Waals surface area contributed by atoms with Crippen molar-refractivity contribution in [3.63, 3.8) is 0 Å². The highest BCUT2D eigenvalue weighted by molar-refractivity contribution is 6.01. The molecule has 0 saturated carbocycles. The summed E-state index contributed by atoms with van der Waals surface area (Å²) in [7, 11) is 0. The third kappa shape index (κ3) is 2.30. The van der Waals surface area contributed by atoms with Crippen molar-refractivity contribution in [2.45, 2.75) is 19.8 Å². The van der Waals surface area contributed by atoms with E-state index in [1.54, 1.807) is 4.90 Å². The predicted octanol–water partition coefficient (Wildman–Crippen LogP) is 1.35. The molecule has 0 radical (unpaired) electrons. The van der Waals surface area contributed by atoms with E-state index in [0.717, 1.165) is 12.1 Å². The van der Waals surface area contributed by atoms with Crippen LogP contribution in [0.3, 0.4) is 0 Å². The van der Waals surface area contributed by atoms with Crippen LogP contribution >= 0.6 is 0 Å². The number of benzene rings is 1. The van der Waals surface area contributed by atoms with Gasteiger partial charge >= 0.3 is 0 Å². The number of carbonyl (C=O) groups excluding carboxylic acids is 1. The lowest BCUT2D eigenvalue weighted by Crippen LogP contribution is -2.28. The van der Waals surface area contributed by atoms with E-state index in [0.29, 0.717) is 13.0 Å². The highest BCUT2D eigenvalue weighted by Crippen LogP contribution is 2.25. The van der Waals surface area contributed by atoms with Crippen molar-refractivity contribution in [3.8, 4) is 0 Å². The maximum Gasteiger partial charge on any atom is 0.227 e. The zero-order valence-electron chi connectivity index (χ0n) is 10.3. The van der Waals surface area contributed by atoms with Crippen molar-refractivity contribution in [1.82, 2.24) is 0 Å². The molecule has 1 fully saturated rings. The lowest BCUT2D eigenvalue weighted by atomic mass is 10.1. The molecule has 5 nitrogen and oxygen atoms in total. The molecule has 96 valence electrons. The summed E-state index contributed by atoms with van der Waals surface area (Å²) in [5.41, 5.74) is 7.65. The second-order valence-electron chi connectivity index (χ2n) is 4.45. The second-order valence-corrected chi connectivity index (χ2v) is 4.45. The molecule has 1 heterocycles. The molecule has 0 aliphatic carbocycles. The minimum atomic E-state index is -0.201. The summed E-state index contributed by atoms with van der Waals surface area (Å²) in [5, 5.41) is 11.6. The van der Waals surface area contributed by atoms with E-state index in [2.05, 4.69) is 12.1 Å². The maximum absolute atomic E-state index is 11.9. The van der Waals surface area contributed by atoms with Crippen molar-refractivity contribution in [1.29, 1.82) is 0 Å². The number of aryl methyl sites for hydroxylation is 1. The smallest absolute Gasteiger partial charge is 0.227 e. The lowest BCUT2D eigenvalue weighted by molar-refractivity contribution is -0.117. The van der Waals surface area contributed by atoms with Crippen molar-refractivity contribution in [3.05, 3.63) is 29.8 Å². The third-order valence-corrected chi connectivity index (χ3v) is 3.32. The van der Waals surface area contributed by atoms with Crippen LogP contribution in [0.15, 0.2) is 29.4 Å². The molecule has 1 aliphatic heterocycles. The molecule has 3 N–H and O–H groups in total. The van der Waals surface area contributed by atoms with Gasteiger partial charge in [0.2, 0.25) is 5.91 Å². The van der Waals surface area contributed by atoms with Gasteiger partial charge < -0.3 is 15.8 Å². The van der Waals surface area contributed by atoms with Gasteiger partial charge in [-0.25, -0.2) is 0 Å². The van der Waals surface area contributed by atoms with Crippen molar-refractivity contribution in [2.75, 3.05) is 11.4 Å². The van der Waals surface area contributed by atoms with Crippen LogP contribution in [-0.4, -0.2) is 23.5 Å². The molecular formula is C13H17N3O2. The Morgan fingerprint density at radius 2 is 2.17 bits per heavy atom. The quantitative estimate of drug-likeness (QED) is 0.366. The van der Waals surface area contributed by atoms with Crippen LogP contribution in [0.1, 0.15) is 18.9 Å². The highest BCUT2D eigenvalue weighted by atomic mass is 16.4. The van der Waals surface area contributed by atoms with Gasteiger partial charge in [0, 0.05) is 24.6 Å². The number of amides is 1. The van der Waals surface area contributed by atoms with Crippen LogP contribution < -0.4 is 10.6 Å². The fourth-order valence-corrected chi connectivity index (χ4v) is 2.15. The Labute approximate surface area is 106 Å². The van der Waals surface area contributed by atoms with Gasteiger partial charge in [0.25, 0.3) is 0 Å². The van der Waals surface area contributed by atoms with Gasteiger partial charge in [-0.05, 0) is 24.1 Å². The molecular weight excluding hydrogens is 230 g/mol. The first-order valence-corrected chi connectivity index (χ1v) is 6.02. The Balaban J connectivity index is 2.16. The molecule has 1 aliphatic rings. The zero-order valence-corrected chi connectivity index (χ0v) is 10.3. The SMILES string of the molecule is CCc1ccc(N2C[C@@H](/C(N)=N\O)CC2=O)cc1. The van der Waals surface area contributed by atoms with Gasteiger partial charge in [-0.3, -0.25) is 4.79 Å². The van der Waals surface area contributed by atoms with Gasteiger partial charge in [-0.15, -0.1) is 0 Å². The second kappa shape index (κ2) is 5.08. The minimum absolute atomic E-state index is 0.0100. The topological polar surface area (TPSA) is 78.9 Å². The Morgan fingerprint density at radius 3 is 2.72 bits per heavy atom. The molecule has 1 atom stereocenters. The first-order chi connectivity index (χ1) is 8.65. The summed E-state index contributed by atoms with van der Waals surface area (Å²) in [6.07, 6.45) is 1.27. The van der Waals surface area contributed by atoms with Crippen LogP contribution in [0.2, 0.25) is 0 Å². The predicted molar refractivity (Wildman–Crippen MR) is 69.7 cm³/mol. The number of nitrogens with zero attached hydrogens (tertiary/aromatic N) is 2. The van der Waals surface area contributed by atoms with Crippen LogP contribution in [0.4, 0.5) is 5.69 Å². The summed E-state index contributed by atoms with van der Waals surface area (Å²) in [6.45, 7) is 2.56. The largest absolute Gasteiger partial charge is 0.409 e. The molecule has 1 amide bonds. The highest BCUT2D eigenvalue weighted by Gasteiger charge is 2.33. The number of rotatable bonds is 3. The fourth-order valence-electron chi connectivity index (χ4n) is 2.15.